The molecule has 0 atom stereocenters. The average Bonchev–Trinajstić information content (AvgIpc) is 2.67. The Morgan fingerprint density at radius 1 is 1.21 bits per heavy atom. The normalized spacial score (nSPS) is 10.7. The molecule has 1 aromatic heterocycles. The maximum Gasteiger partial charge on any atom is 0.0596 e. The van der Waals surface area contributed by atoms with Gasteiger partial charge in [-0.05, 0) is 51.0 Å². The van der Waals surface area contributed by atoms with Crippen molar-refractivity contribution in [3.8, 4) is 0 Å². The number of hydrogen-bond donors (Lipinski definition) is 2. The summed E-state index contributed by atoms with van der Waals surface area (Å²) in [6.07, 6.45) is 1.02. The van der Waals surface area contributed by atoms with E-state index < -0.39 is 0 Å². The second-order valence-corrected chi connectivity index (χ2v) is 5.02. The van der Waals surface area contributed by atoms with E-state index in [4.69, 9.17) is 5.73 Å². The fraction of sp³-hybridized carbons (Fsp3) is 0.400. The number of rotatable bonds is 5. The number of nitrogen functional groups attached to an aromatic ring is 1. The number of aryl methyl sites for hydroxylation is 4. The maximum atomic E-state index is 5.93. The highest BCUT2D eigenvalue weighted by Gasteiger charge is 2.01. The summed E-state index contributed by atoms with van der Waals surface area (Å²) in [6, 6.07) is 8.15. The van der Waals surface area contributed by atoms with E-state index in [9.17, 15) is 0 Å². The zero-order chi connectivity index (χ0) is 13.8. The monoisotopic (exact) mass is 258 g/mol. The van der Waals surface area contributed by atoms with Gasteiger partial charge in [-0.1, -0.05) is 6.07 Å². The number of nitrogens with one attached hydrogen (secondary N) is 1. The van der Waals surface area contributed by atoms with Crippen molar-refractivity contribution in [1.29, 1.82) is 0 Å². The Balaban J connectivity index is 1.84. The molecule has 0 unspecified atom stereocenters. The van der Waals surface area contributed by atoms with Crippen molar-refractivity contribution in [3.63, 3.8) is 0 Å². The van der Waals surface area contributed by atoms with Gasteiger partial charge in [0.25, 0.3) is 0 Å². The van der Waals surface area contributed by atoms with Crippen molar-refractivity contribution in [1.82, 2.24) is 9.78 Å². The highest BCUT2D eigenvalue weighted by molar-refractivity contribution is 5.66. The molecular formula is C15H22N4. The van der Waals surface area contributed by atoms with E-state index >= 15 is 0 Å². The molecular weight excluding hydrogens is 236 g/mol. The third-order valence-electron chi connectivity index (χ3n) is 3.17. The van der Waals surface area contributed by atoms with Crippen LogP contribution in [0.15, 0.2) is 24.3 Å². The van der Waals surface area contributed by atoms with Crippen LogP contribution in [-0.2, 0) is 6.54 Å². The highest BCUT2D eigenvalue weighted by Crippen LogP contribution is 2.19. The second-order valence-electron chi connectivity index (χ2n) is 5.02. The van der Waals surface area contributed by atoms with Gasteiger partial charge in [0.05, 0.1) is 17.1 Å². The lowest BCUT2D eigenvalue weighted by Gasteiger charge is -2.10. The van der Waals surface area contributed by atoms with Crippen LogP contribution in [0.2, 0.25) is 0 Å². The molecule has 0 amide bonds. The van der Waals surface area contributed by atoms with Crippen LogP contribution in [0.5, 0.6) is 0 Å². The SMILES string of the molecule is Cc1ccc(N)c(NCCCn2nc(C)cc2C)c1. The van der Waals surface area contributed by atoms with Crippen LogP contribution < -0.4 is 11.1 Å². The zero-order valence-corrected chi connectivity index (χ0v) is 11.9. The van der Waals surface area contributed by atoms with E-state index in [1.54, 1.807) is 0 Å². The molecule has 3 N–H and O–H groups in total. The first-order chi connectivity index (χ1) is 9.06. The summed E-state index contributed by atoms with van der Waals surface area (Å²) in [4.78, 5) is 0. The zero-order valence-electron chi connectivity index (χ0n) is 11.9. The molecule has 0 radical (unpaired) electrons. The molecule has 0 saturated carbocycles. The summed E-state index contributed by atoms with van der Waals surface area (Å²) in [5.74, 6) is 0. The lowest BCUT2D eigenvalue weighted by atomic mass is 10.2. The number of anilines is 2. The van der Waals surface area contributed by atoms with E-state index in [1.165, 1.54) is 11.3 Å². The molecule has 4 heteroatoms. The second kappa shape index (κ2) is 5.78. The number of hydrogen-bond acceptors (Lipinski definition) is 3. The molecule has 0 bridgehead atoms. The fourth-order valence-corrected chi connectivity index (χ4v) is 2.18. The summed E-state index contributed by atoms with van der Waals surface area (Å²) in [5.41, 5.74) is 11.3. The Labute approximate surface area is 114 Å². The molecule has 0 aliphatic carbocycles. The van der Waals surface area contributed by atoms with Gasteiger partial charge in [-0.25, -0.2) is 0 Å². The quantitative estimate of drug-likeness (QED) is 0.640. The van der Waals surface area contributed by atoms with Crippen molar-refractivity contribution in [2.24, 2.45) is 0 Å². The molecule has 0 fully saturated rings. The Hall–Kier alpha value is -1.97. The number of benzene rings is 1. The van der Waals surface area contributed by atoms with Crippen molar-refractivity contribution >= 4 is 11.4 Å². The molecule has 2 rings (SSSR count). The standard InChI is InChI=1S/C15H22N4/c1-11-5-6-14(16)15(9-11)17-7-4-8-19-13(3)10-12(2)18-19/h5-6,9-10,17H,4,7-8,16H2,1-3H3. The fourth-order valence-electron chi connectivity index (χ4n) is 2.18. The molecule has 2 aromatic rings. The Kier molecular flexibility index (Phi) is 4.10. The molecule has 0 aliphatic rings. The molecule has 1 heterocycles. The van der Waals surface area contributed by atoms with Crippen molar-refractivity contribution in [2.45, 2.75) is 33.7 Å². The van der Waals surface area contributed by atoms with Crippen LogP contribution in [0.25, 0.3) is 0 Å². The van der Waals surface area contributed by atoms with Crippen LogP contribution in [0.3, 0.4) is 0 Å². The number of aromatic nitrogens is 2. The van der Waals surface area contributed by atoms with Gasteiger partial charge in [0.1, 0.15) is 0 Å². The van der Waals surface area contributed by atoms with Crippen molar-refractivity contribution in [2.75, 3.05) is 17.6 Å². The van der Waals surface area contributed by atoms with Crippen LogP contribution in [-0.4, -0.2) is 16.3 Å². The van der Waals surface area contributed by atoms with Gasteiger partial charge in [0.15, 0.2) is 0 Å². The Bertz CT molecular complexity index is 557. The summed E-state index contributed by atoms with van der Waals surface area (Å²) in [6.45, 7) is 8.01. The molecule has 102 valence electrons. The van der Waals surface area contributed by atoms with E-state index in [1.807, 2.05) is 19.1 Å². The third-order valence-corrected chi connectivity index (χ3v) is 3.17. The van der Waals surface area contributed by atoms with Crippen LogP contribution >= 0.6 is 0 Å². The lowest BCUT2D eigenvalue weighted by molar-refractivity contribution is 0.574. The number of nitrogens with zero attached hydrogens (tertiary/aromatic N) is 2. The van der Waals surface area contributed by atoms with Crippen molar-refractivity contribution < 1.29 is 0 Å². The lowest BCUT2D eigenvalue weighted by Crippen LogP contribution is -2.10. The number of nitrogens with two attached hydrogens (primary N) is 1. The van der Waals surface area contributed by atoms with Crippen LogP contribution in [0.1, 0.15) is 23.4 Å². The van der Waals surface area contributed by atoms with Crippen LogP contribution in [0.4, 0.5) is 11.4 Å². The van der Waals surface area contributed by atoms with E-state index in [0.717, 1.165) is 36.6 Å². The maximum absolute atomic E-state index is 5.93. The molecule has 1 aromatic carbocycles. The topological polar surface area (TPSA) is 55.9 Å². The molecule has 0 aliphatic heterocycles. The highest BCUT2D eigenvalue weighted by atomic mass is 15.3. The summed E-state index contributed by atoms with van der Waals surface area (Å²) in [5, 5.41) is 7.83. The average molecular weight is 258 g/mol. The first kappa shape index (κ1) is 13.5. The molecule has 0 spiro atoms. The molecule has 0 saturated heterocycles. The summed E-state index contributed by atoms with van der Waals surface area (Å²) < 4.78 is 2.05. The Morgan fingerprint density at radius 3 is 2.68 bits per heavy atom. The minimum Gasteiger partial charge on any atom is -0.397 e. The predicted octanol–water partition coefficient (Wildman–Crippen LogP) is 2.89. The summed E-state index contributed by atoms with van der Waals surface area (Å²) >= 11 is 0. The third kappa shape index (κ3) is 3.50. The smallest absolute Gasteiger partial charge is 0.0596 e. The van der Waals surface area contributed by atoms with Gasteiger partial charge < -0.3 is 11.1 Å². The van der Waals surface area contributed by atoms with E-state index in [-0.39, 0.29) is 0 Å². The predicted molar refractivity (Wildman–Crippen MR) is 80.4 cm³/mol. The van der Waals surface area contributed by atoms with Gasteiger partial charge in [-0.2, -0.15) is 5.10 Å². The van der Waals surface area contributed by atoms with E-state index in [2.05, 4.69) is 41.1 Å². The molecule has 4 nitrogen and oxygen atoms in total. The van der Waals surface area contributed by atoms with Crippen molar-refractivity contribution in [3.05, 3.63) is 41.2 Å². The van der Waals surface area contributed by atoms with Gasteiger partial charge in [0.2, 0.25) is 0 Å². The summed E-state index contributed by atoms with van der Waals surface area (Å²) in [7, 11) is 0. The molecule has 19 heavy (non-hydrogen) atoms. The van der Waals surface area contributed by atoms with Gasteiger partial charge in [0, 0.05) is 18.8 Å². The van der Waals surface area contributed by atoms with Gasteiger partial charge >= 0.3 is 0 Å². The minimum absolute atomic E-state index is 0.803. The largest absolute Gasteiger partial charge is 0.397 e. The van der Waals surface area contributed by atoms with E-state index in [0.29, 0.717) is 0 Å². The first-order valence-electron chi connectivity index (χ1n) is 6.67. The minimum atomic E-state index is 0.803. The van der Waals surface area contributed by atoms with Gasteiger partial charge in [-0.15, -0.1) is 0 Å². The Morgan fingerprint density at radius 2 is 2.00 bits per heavy atom. The van der Waals surface area contributed by atoms with Gasteiger partial charge in [-0.3, -0.25) is 4.68 Å². The van der Waals surface area contributed by atoms with Crippen LogP contribution in [0, 0.1) is 20.8 Å². The first-order valence-corrected chi connectivity index (χ1v) is 6.67.